The fourth-order valence-corrected chi connectivity index (χ4v) is 2.78. The van der Waals surface area contributed by atoms with E-state index in [4.69, 9.17) is 9.47 Å². The number of rotatable bonds is 4. The molecule has 3 heteroatoms. The molecule has 0 saturated carbocycles. The van der Waals surface area contributed by atoms with Crippen molar-refractivity contribution in [3.8, 4) is 0 Å². The number of nitrogens with one attached hydrogen (secondary N) is 1. The molecule has 3 nitrogen and oxygen atoms in total. The Morgan fingerprint density at radius 3 is 1.81 bits per heavy atom. The van der Waals surface area contributed by atoms with Gasteiger partial charge in [0.15, 0.2) is 0 Å². The van der Waals surface area contributed by atoms with Crippen LogP contribution in [0, 0.1) is 5.92 Å². The summed E-state index contributed by atoms with van der Waals surface area (Å²) in [6.45, 7) is 2.27. The second kappa shape index (κ2) is 6.39. The quantitative estimate of drug-likeness (QED) is 0.936. The average molecular weight is 283 g/mol. The fraction of sp³-hybridized carbons (Fsp3) is 0.333. The lowest BCUT2D eigenvalue weighted by Gasteiger charge is -2.40. The largest absolute Gasteiger partial charge is 0.342 e. The molecule has 0 unspecified atom stereocenters. The highest BCUT2D eigenvalue weighted by molar-refractivity contribution is 5.34. The van der Waals surface area contributed by atoms with Crippen LogP contribution in [0.25, 0.3) is 0 Å². The second-order valence-electron chi connectivity index (χ2n) is 5.39. The lowest BCUT2D eigenvalue weighted by atomic mass is 9.95. The fourth-order valence-electron chi connectivity index (χ4n) is 2.78. The van der Waals surface area contributed by atoms with Gasteiger partial charge in [-0.3, -0.25) is 0 Å². The van der Waals surface area contributed by atoms with Crippen LogP contribution in [-0.4, -0.2) is 26.8 Å². The first-order valence-corrected chi connectivity index (χ1v) is 7.39. The molecule has 2 aromatic carbocycles. The number of ether oxygens (including phenoxy) is 2. The molecule has 1 saturated heterocycles. The minimum Gasteiger partial charge on any atom is -0.342 e. The van der Waals surface area contributed by atoms with Crippen molar-refractivity contribution >= 4 is 0 Å². The van der Waals surface area contributed by atoms with E-state index in [0.717, 1.165) is 17.7 Å². The van der Waals surface area contributed by atoms with Gasteiger partial charge in [0.1, 0.15) is 0 Å². The summed E-state index contributed by atoms with van der Waals surface area (Å²) in [6, 6.07) is 20.3. The van der Waals surface area contributed by atoms with Crippen LogP contribution in [0.2, 0.25) is 0 Å². The molecular formula is C18H21NO2. The van der Waals surface area contributed by atoms with E-state index in [9.17, 15) is 0 Å². The predicted octanol–water partition coefficient (Wildman–Crippen LogP) is 2.77. The molecule has 1 N–H and O–H groups in total. The number of hydrogen-bond acceptors (Lipinski definition) is 3. The standard InChI is InChI=1S/C18H21NO2/c1-19-12-15-13-20-18(21-14-15,16-8-4-2-5-9-16)17-10-6-3-7-11-17/h2-11,15,19H,12-14H2,1H3. The van der Waals surface area contributed by atoms with Crippen LogP contribution in [0.3, 0.4) is 0 Å². The van der Waals surface area contributed by atoms with Crippen molar-refractivity contribution in [1.29, 1.82) is 0 Å². The van der Waals surface area contributed by atoms with Crippen molar-refractivity contribution in [2.45, 2.75) is 5.79 Å². The maximum atomic E-state index is 6.24. The van der Waals surface area contributed by atoms with Crippen molar-refractivity contribution < 1.29 is 9.47 Å². The number of benzene rings is 2. The van der Waals surface area contributed by atoms with Gasteiger partial charge in [-0.05, 0) is 7.05 Å². The van der Waals surface area contributed by atoms with Crippen LogP contribution in [0.15, 0.2) is 60.7 Å². The molecule has 2 aromatic rings. The molecule has 0 aromatic heterocycles. The lowest BCUT2D eigenvalue weighted by molar-refractivity contribution is -0.266. The average Bonchev–Trinajstić information content (AvgIpc) is 2.58. The summed E-state index contributed by atoms with van der Waals surface area (Å²) in [4.78, 5) is 0. The zero-order chi connectivity index (χ0) is 14.5. The zero-order valence-corrected chi connectivity index (χ0v) is 12.3. The molecule has 0 aliphatic carbocycles. The predicted molar refractivity (Wildman–Crippen MR) is 83.0 cm³/mol. The van der Waals surface area contributed by atoms with Crippen LogP contribution in [0.4, 0.5) is 0 Å². The normalized spacial score (nSPS) is 18.5. The third kappa shape index (κ3) is 2.86. The smallest absolute Gasteiger partial charge is 0.222 e. The highest BCUT2D eigenvalue weighted by Crippen LogP contribution is 2.38. The van der Waals surface area contributed by atoms with E-state index in [2.05, 4.69) is 29.6 Å². The van der Waals surface area contributed by atoms with Crippen LogP contribution < -0.4 is 5.32 Å². The molecule has 1 aliphatic rings. The Kier molecular flexibility index (Phi) is 4.34. The summed E-state index contributed by atoms with van der Waals surface area (Å²) in [5.74, 6) is -0.400. The molecule has 0 amide bonds. The van der Waals surface area contributed by atoms with Crippen LogP contribution in [-0.2, 0) is 15.3 Å². The summed E-state index contributed by atoms with van der Waals surface area (Å²) in [6.07, 6.45) is 0. The first kappa shape index (κ1) is 14.3. The van der Waals surface area contributed by atoms with Gasteiger partial charge in [0.05, 0.1) is 13.2 Å². The van der Waals surface area contributed by atoms with E-state index in [1.165, 1.54) is 0 Å². The molecule has 1 aliphatic heterocycles. The molecule has 110 valence electrons. The summed E-state index contributed by atoms with van der Waals surface area (Å²) < 4.78 is 12.5. The van der Waals surface area contributed by atoms with Gasteiger partial charge >= 0.3 is 0 Å². The molecule has 21 heavy (non-hydrogen) atoms. The van der Waals surface area contributed by atoms with Gasteiger partial charge in [-0.1, -0.05) is 60.7 Å². The highest BCUT2D eigenvalue weighted by Gasteiger charge is 2.40. The maximum Gasteiger partial charge on any atom is 0.222 e. The lowest BCUT2D eigenvalue weighted by Crippen LogP contribution is -2.45. The Morgan fingerprint density at radius 1 is 0.905 bits per heavy atom. The minimum atomic E-state index is -0.785. The third-order valence-corrected chi connectivity index (χ3v) is 3.85. The highest BCUT2D eigenvalue weighted by atomic mass is 16.7. The van der Waals surface area contributed by atoms with E-state index < -0.39 is 5.79 Å². The van der Waals surface area contributed by atoms with E-state index >= 15 is 0 Å². The van der Waals surface area contributed by atoms with Crippen molar-refractivity contribution in [1.82, 2.24) is 5.32 Å². The molecule has 0 atom stereocenters. The van der Waals surface area contributed by atoms with Crippen molar-refractivity contribution in [3.63, 3.8) is 0 Å². The third-order valence-electron chi connectivity index (χ3n) is 3.85. The maximum absolute atomic E-state index is 6.24. The summed E-state index contributed by atoms with van der Waals surface area (Å²) in [7, 11) is 1.95. The molecule has 1 heterocycles. The Balaban J connectivity index is 1.94. The van der Waals surface area contributed by atoms with Crippen LogP contribution in [0.1, 0.15) is 11.1 Å². The van der Waals surface area contributed by atoms with Gasteiger partial charge in [-0.25, -0.2) is 0 Å². The Bertz CT molecular complexity index is 506. The molecular weight excluding hydrogens is 262 g/mol. The molecule has 1 fully saturated rings. The molecule has 0 radical (unpaired) electrons. The zero-order valence-electron chi connectivity index (χ0n) is 12.3. The Morgan fingerprint density at radius 2 is 1.38 bits per heavy atom. The SMILES string of the molecule is CNCC1COC(c2ccccc2)(c2ccccc2)OC1. The summed E-state index contributed by atoms with van der Waals surface area (Å²) >= 11 is 0. The second-order valence-corrected chi connectivity index (χ2v) is 5.39. The van der Waals surface area contributed by atoms with Gasteiger partial charge in [-0.2, -0.15) is 0 Å². The van der Waals surface area contributed by atoms with E-state index in [1.807, 2.05) is 43.4 Å². The van der Waals surface area contributed by atoms with Crippen molar-refractivity contribution in [3.05, 3.63) is 71.8 Å². The molecule has 0 bridgehead atoms. The van der Waals surface area contributed by atoms with Gasteiger partial charge in [0.25, 0.3) is 0 Å². The number of hydrogen-bond donors (Lipinski definition) is 1. The first-order chi connectivity index (χ1) is 10.3. The van der Waals surface area contributed by atoms with Crippen LogP contribution >= 0.6 is 0 Å². The Hall–Kier alpha value is -1.68. The van der Waals surface area contributed by atoms with E-state index in [0.29, 0.717) is 19.1 Å². The summed E-state index contributed by atoms with van der Waals surface area (Å²) in [5, 5.41) is 3.18. The van der Waals surface area contributed by atoms with Gasteiger partial charge in [-0.15, -0.1) is 0 Å². The molecule has 0 spiro atoms. The molecule has 3 rings (SSSR count). The van der Waals surface area contributed by atoms with Crippen LogP contribution in [0.5, 0.6) is 0 Å². The first-order valence-electron chi connectivity index (χ1n) is 7.39. The van der Waals surface area contributed by atoms with Crippen molar-refractivity contribution in [2.75, 3.05) is 26.8 Å². The monoisotopic (exact) mass is 283 g/mol. The van der Waals surface area contributed by atoms with Gasteiger partial charge in [0.2, 0.25) is 5.79 Å². The minimum absolute atomic E-state index is 0.385. The summed E-state index contributed by atoms with van der Waals surface area (Å²) in [5.41, 5.74) is 2.08. The Labute approximate surface area is 125 Å². The van der Waals surface area contributed by atoms with Gasteiger partial charge in [0, 0.05) is 23.6 Å². The van der Waals surface area contributed by atoms with E-state index in [1.54, 1.807) is 0 Å². The van der Waals surface area contributed by atoms with Crippen molar-refractivity contribution in [2.24, 2.45) is 5.92 Å². The van der Waals surface area contributed by atoms with E-state index in [-0.39, 0.29) is 0 Å². The van der Waals surface area contributed by atoms with Gasteiger partial charge < -0.3 is 14.8 Å². The topological polar surface area (TPSA) is 30.5 Å².